The summed E-state index contributed by atoms with van der Waals surface area (Å²) in [7, 11) is 0. The van der Waals surface area contributed by atoms with Gasteiger partial charge >= 0.3 is 0 Å². The van der Waals surface area contributed by atoms with Crippen molar-refractivity contribution in [1.82, 2.24) is 9.80 Å². The van der Waals surface area contributed by atoms with Crippen LogP contribution in [-0.2, 0) is 13.1 Å². The number of ether oxygens (including phenoxy) is 3. The van der Waals surface area contributed by atoms with Crippen LogP contribution >= 0.6 is 11.6 Å². The van der Waals surface area contributed by atoms with E-state index in [9.17, 15) is 0 Å². The summed E-state index contributed by atoms with van der Waals surface area (Å²) in [6, 6.07) is 22.0. The third kappa shape index (κ3) is 5.13. The third-order valence-corrected chi connectivity index (χ3v) is 5.91. The Balaban J connectivity index is 1.13. The van der Waals surface area contributed by atoms with Crippen LogP contribution in [0.25, 0.3) is 0 Å². The summed E-state index contributed by atoms with van der Waals surface area (Å²) in [5, 5.41) is 0.707. The molecular formula is C25H25ClN2O3. The largest absolute Gasteiger partial charge is 0.457 e. The lowest BCUT2D eigenvalue weighted by Crippen LogP contribution is -2.45. The van der Waals surface area contributed by atoms with Crippen molar-refractivity contribution in [1.29, 1.82) is 0 Å². The van der Waals surface area contributed by atoms with Gasteiger partial charge in [0.05, 0.1) is 0 Å². The Kier molecular flexibility index (Phi) is 5.98. The summed E-state index contributed by atoms with van der Waals surface area (Å²) in [6.07, 6.45) is 0. The van der Waals surface area contributed by atoms with Gasteiger partial charge in [-0.05, 0) is 59.7 Å². The lowest BCUT2D eigenvalue weighted by Gasteiger charge is -2.34. The second kappa shape index (κ2) is 9.18. The van der Waals surface area contributed by atoms with Crippen LogP contribution in [0.3, 0.4) is 0 Å². The van der Waals surface area contributed by atoms with E-state index in [0.717, 1.165) is 62.3 Å². The molecule has 1 fully saturated rings. The van der Waals surface area contributed by atoms with E-state index >= 15 is 0 Å². The molecule has 5 nitrogen and oxygen atoms in total. The van der Waals surface area contributed by atoms with Crippen LogP contribution in [0, 0.1) is 0 Å². The Labute approximate surface area is 187 Å². The Bertz CT molecular complexity index is 1030. The summed E-state index contributed by atoms with van der Waals surface area (Å²) in [5.41, 5.74) is 2.53. The van der Waals surface area contributed by atoms with Crippen molar-refractivity contribution in [3.8, 4) is 23.0 Å². The maximum absolute atomic E-state index is 5.97. The first-order chi connectivity index (χ1) is 15.2. The number of benzene rings is 3. The molecule has 0 saturated carbocycles. The van der Waals surface area contributed by atoms with Gasteiger partial charge in [0.15, 0.2) is 11.5 Å². The van der Waals surface area contributed by atoms with Crippen LogP contribution < -0.4 is 14.2 Å². The Morgan fingerprint density at radius 2 is 1.39 bits per heavy atom. The van der Waals surface area contributed by atoms with Crippen molar-refractivity contribution in [2.45, 2.75) is 13.1 Å². The van der Waals surface area contributed by atoms with Crippen molar-refractivity contribution >= 4 is 11.6 Å². The summed E-state index contributed by atoms with van der Waals surface area (Å²) in [6.45, 7) is 6.39. The average molecular weight is 437 g/mol. The van der Waals surface area contributed by atoms with E-state index in [1.807, 2.05) is 36.4 Å². The minimum Gasteiger partial charge on any atom is -0.457 e. The summed E-state index contributed by atoms with van der Waals surface area (Å²) in [4.78, 5) is 4.99. The molecule has 6 heteroatoms. The molecule has 2 aliphatic heterocycles. The maximum atomic E-state index is 5.97. The number of nitrogens with zero attached hydrogens (tertiary/aromatic N) is 2. The number of halogens is 1. The molecule has 160 valence electrons. The van der Waals surface area contributed by atoms with E-state index in [1.54, 1.807) is 0 Å². The van der Waals surface area contributed by atoms with Crippen molar-refractivity contribution in [3.63, 3.8) is 0 Å². The normalized spacial score (nSPS) is 16.4. The van der Waals surface area contributed by atoms with E-state index in [1.165, 1.54) is 11.1 Å². The summed E-state index contributed by atoms with van der Waals surface area (Å²) < 4.78 is 16.9. The van der Waals surface area contributed by atoms with E-state index in [-0.39, 0.29) is 0 Å². The van der Waals surface area contributed by atoms with Gasteiger partial charge in [0.1, 0.15) is 11.5 Å². The fraction of sp³-hybridized carbons (Fsp3) is 0.280. The van der Waals surface area contributed by atoms with Gasteiger partial charge in [-0.15, -0.1) is 0 Å². The van der Waals surface area contributed by atoms with Gasteiger partial charge in [-0.25, -0.2) is 0 Å². The molecule has 2 heterocycles. The van der Waals surface area contributed by atoms with Crippen LogP contribution in [0.4, 0.5) is 0 Å². The predicted molar refractivity (Wildman–Crippen MR) is 121 cm³/mol. The zero-order valence-corrected chi connectivity index (χ0v) is 18.1. The standard InChI is InChI=1S/C25H25ClN2O3/c26-21-5-7-22(8-6-21)31-23-3-1-2-19(14-23)16-27-10-12-28(13-11-27)17-20-4-9-24-25(15-20)30-18-29-24/h1-9,14-15H,10-13,16-18H2. The van der Waals surface area contributed by atoms with Crippen molar-refractivity contribution < 1.29 is 14.2 Å². The van der Waals surface area contributed by atoms with Gasteiger partial charge in [0, 0.05) is 44.3 Å². The minimum atomic E-state index is 0.323. The zero-order chi connectivity index (χ0) is 21.0. The quantitative estimate of drug-likeness (QED) is 0.532. The van der Waals surface area contributed by atoms with Gasteiger partial charge in [-0.1, -0.05) is 29.8 Å². The van der Waals surface area contributed by atoms with Crippen molar-refractivity contribution in [3.05, 3.63) is 82.9 Å². The molecule has 1 saturated heterocycles. The molecule has 0 atom stereocenters. The van der Waals surface area contributed by atoms with Gasteiger partial charge in [0.2, 0.25) is 6.79 Å². The Morgan fingerprint density at radius 3 is 2.13 bits per heavy atom. The van der Waals surface area contributed by atoms with E-state index in [0.29, 0.717) is 11.8 Å². The molecule has 0 radical (unpaired) electrons. The number of rotatable bonds is 6. The third-order valence-electron chi connectivity index (χ3n) is 5.66. The highest BCUT2D eigenvalue weighted by molar-refractivity contribution is 6.30. The van der Waals surface area contributed by atoms with E-state index in [2.05, 4.69) is 40.1 Å². The first-order valence-electron chi connectivity index (χ1n) is 10.6. The Hall–Kier alpha value is -2.73. The second-order valence-corrected chi connectivity index (χ2v) is 8.38. The molecule has 5 rings (SSSR count). The van der Waals surface area contributed by atoms with Gasteiger partial charge < -0.3 is 14.2 Å². The molecule has 3 aromatic carbocycles. The fourth-order valence-corrected chi connectivity index (χ4v) is 4.13. The minimum absolute atomic E-state index is 0.323. The smallest absolute Gasteiger partial charge is 0.231 e. The molecule has 31 heavy (non-hydrogen) atoms. The lowest BCUT2D eigenvalue weighted by molar-refractivity contribution is 0.122. The van der Waals surface area contributed by atoms with Crippen molar-refractivity contribution in [2.75, 3.05) is 33.0 Å². The number of fused-ring (bicyclic) bond motifs is 1. The van der Waals surface area contributed by atoms with Crippen LogP contribution in [0.5, 0.6) is 23.0 Å². The monoisotopic (exact) mass is 436 g/mol. The summed E-state index contributed by atoms with van der Waals surface area (Å²) >= 11 is 5.95. The van der Waals surface area contributed by atoms with Gasteiger partial charge in [0.25, 0.3) is 0 Å². The average Bonchev–Trinajstić information content (AvgIpc) is 3.25. The fourth-order valence-electron chi connectivity index (χ4n) is 4.01. The predicted octanol–water partition coefficient (Wildman–Crippen LogP) is 5.18. The molecular weight excluding hydrogens is 412 g/mol. The zero-order valence-electron chi connectivity index (χ0n) is 17.3. The highest BCUT2D eigenvalue weighted by Gasteiger charge is 2.19. The molecule has 3 aromatic rings. The van der Waals surface area contributed by atoms with E-state index < -0.39 is 0 Å². The second-order valence-electron chi connectivity index (χ2n) is 7.94. The Morgan fingerprint density at radius 1 is 0.710 bits per heavy atom. The highest BCUT2D eigenvalue weighted by atomic mass is 35.5. The maximum Gasteiger partial charge on any atom is 0.231 e. The highest BCUT2D eigenvalue weighted by Crippen LogP contribution is 2.33. The van der Waals surface area contributed by atoms with Gasteiger partial charge in [-0.3, -0.25) is 9.80 Å². The molecule has 2 aliphatic rings. The molecule has 0 aromatic heterocycles. The molecule has 0 spiro atoms. The topological polar surface area (TPSA) is 34.2 Å². The lowest BCUT2D eigenvalue weighted by atomic mass is 10.1. The first kappa shape index (κ1) is 20.2. The van der Waals surface area contributed by atoms with Gasteiger partial charge in [-0.2, -0.15) is 0 Å². The number of hydrogen-bond acceptors (Lipinski definition) is 5. The van der Waals surface area contributed by atoms with Crippen LogP contribution in [0.2, 0.25) is 5.02 Å². The molecule has 0 bridgehead atoms. The van der Waals surface area contributed by atoms with Crippen LogP contribution in [0.1, 0.15) is 11.1 Å². The van der Waals surface area contributed by atoms with Crippen LogP contribution in [-0.4, -0.2) is 42.8 Å². The molecule has 0 N–H and O–H groups in total. The van der Waals surface area contributed by atoms with Crippen LogP contribution in [0.15, 0.2) is 66.7 Å². The van der Waals surface area contributed by atoms with E-state index in [4.69, 9.17) is 25.8 Å². The summed E-state index contributed by atoms with van der Waals surface area (Å²) in [5.74, 6) is 3.34. The molecule has 0 aliphatic carbocycles. The number of hydrogen-bond donors (Lipinski definition) is 0. The SMILES string of the molecule is Clc1ccc(Oc2cccc(CN3CCN(Cc4ccc5c(c4)OCO5)CC3)c2)cc1. The molecule has 0 unspecified atom stereocenters. The number of piperazine rings is 1. The van der Waals surface area contributed by atoms with Crippen molar-refractivity contribution in [2.24, 2.45) is 0 Å². The first-order valence-corrected chi connectivity index (χ1v) is 10.9. The molecule has 0 amide bonds.